The van der Waals surface area contributed by atoms with Gasteiger partial charge in [0.25, 0.3) is 0 Å². The van der Waals surface area contributed by atoms with E-state index in [1.54, 1.807) is 13.0 Å². The van der Waals surface area contributed by atoms with Gasteiger partial charge in [-0.05, 0) is 36.8 Å². The van der Waals surface area contributed by atoms with Gasteiger partial charge in [-0.2, -0.15) is 4.31 Å². The summed E-state index contributed by atoms with van der Waals surface area (Å²) in [4.78, 5) is 12.6. The predicted octanol–water partition coefficient (Wildman–Crippen LogP) is 1.67. The Morgan fingerprint density at radius 2 is 1.52 bits per heavy atom. The van der Waals surface area contributed by atoms with Crippen molar-refractivity contribution in [1.82, 2.24) is 8.61 Å². The third-order valence-corrected chi connectivity index (χ3v) is 8.67. The smallest absolute Gasteiger partial charge is 0.243 e. The molecule has 0 bridgehead atoms. The maximum atomic E-state index is 13.0. The van der Waals surface area contributed by atoms with E-state index in [2.05, 4.69) is 5.32 Å². The van der Waals surface area contributed by atoms with Crippen molar-refractivity contribution in [1.29, 1.82) is 0 Å². The lowest BCUT2D eigenvalue weighted by molar-refractivity contribution is -0.116. The fourth-order valence-electron chi connectivity index (χ4n) is 3.07. The van der Waals surface area contributed by atoms with Gasteiger partial charge in [0.2, 0.25) is 26.0 Å². The van der Waals surface area contributed by atoms with E-state index in [0.29, 0.717) is 36.7 Å². The van der Waals surface area contributed by atoms with Gasteiger partial charge >= 0.3 is 0 Å². The number of hydrogen-bond acceptors (Lipinski definition) is 7. The molecule has 1 aliphatic rings. The van der Waals surface area contributed by atoms with Crippen LogP contribution in [0.4, 0.5) is 5.69 Å². The summed E-state index contributed by atoms with van der Waals surface area (Å²) in [7, 11) is -3.57. The number of sulfonamides is 2. The number of likely N-dealkylation sites (N-methyl/N-ethyl adjacent to an activating group) is 1. The fraction of sp³-hybridized carbons (Fsp3) is 0.381. The number of carbonyl (C=O) groups is 1. The summed E-state index contributed by atoms with van der Waals surface area (Å²) in [6, 6.07) is 8.68. The predicted molar refractivity (Wildman–Crippen MR) is 123 cm³/mol. The molecule has 0 aliphatic carbocycles. The second-order valence-corrected chi connectivity index (χ2v) is 11.9. The number of anilines is 1. The van der Waals surface area contributed by atoms with Crippen molar-refractivity contribution in [3.63, 3.8) is 0 Å². The van der Waals surface area contributed by atoms with Crippen molar-refractivity contribution in [3.05, 3.63) is 42.0 Å². The highest BCUT2D eigenvalue weighted by molar-refractivity contribution is 7.89. The Balaban J connectivity index is 1.76. The summed E-state index contributed by atoms with van der Waals surface area (Å²) in [5, 5.41) is 2.60. The Morgan fingerprint density at radius 1 is 0.909 bits per heavy atom. The summed E-state index contributed by atoms with van der Waals surface area (Å²) in [6.45, 7) is 2.13. The van der Waals surface area contributed by atoms with Gasteiger partial charge in [0.1, 0.15) is 0 Å². The SMILES string of the molecule is Cc1ccc(S(=O)(=O)N(C)C)cc1NC(=O)CN(C)S(=O)(=O)c1ccc2c(c1)OCCCO2. The first-order valence-electron chi connectivity index (χ1n) is 10.1. The highest BCUT2D eigenvalue weighted by atomic mass is 32.2. The van der Waals surface area contributed by atoms with E-state index in [0.717, 1.165) is 8.61 Å². The van der Waals surface area contributed by atoms with E-state index in [1.807, 2.05) is 0 Å². The molecule has 3 rings (SSSR count). The molecular weight excluding hydrogens is 470 g/mol. The number of nitrogens with one attached hydrogen (secondary N) is 1. The quantitative estimate of drug-likeness (QED) is 0.617. The van der Waals surface area contributed by atoms with Crippen LogP contribution in [0.3, 0.4) is 0 Å². The molecule has 2 aromatic carbocycles. The number of fused-ring (bicyclic) bond motifs is 1. The summed E-state index contributed by atoms with van der Waals surface area (Å²) in [5.41, 5.74) is 0.916. The van der Waals surface area contributed by atoms with E-state index in [4.69, 9.17) is 9.47 Å². The molecule has 2 aromatic rings. The monoisotopic (exact) mass is 497 g/mol. The molecule has 0 aromatic heterocycles. The van der Waals surface area contributed by atoms with Crippen LogP contribution in [0.1, 0.15) is 12.0 Å². The molecule has 0 spiro atoms. The molecule has 1 N–H and O–H groups in total. The minimum atomic E-state index is -3.99. The summed E-state index contributed by atoms with van der Waals surface area (Å²) >= 11 is 0. The maximum Gasteiger partial charge on any atom is 0.243 e. The molecule has 1 heterocycles. The highest BCUT2D eigenvalue weighted by Gasteiger charge is 2.26. The van der Waals surface area contributed by atoms with Gasteiger partial charge in [0.15, 0.2) is 11.5 Å². The summed E-state index contributed by atoms with van der Waals surface area (Å²) < 4.78 is 63.8. The molecule has 0 saturated heterocycles. The molecule has 10 nitrogen and oxygen atoms in total. The molecule has 33 heavy (non-hydrogen) atoms. The number of nitrogens with zero attached hydrogens (tertiary/aromatic N) is 2. The van der Waals surface area contributed by atoms with Gasteiger partial charge in [-0.1, -0.05) is 6.07 Å². The van der Waals surface area contributed by atoms with Crippen molar-refractivity contribution in [2.75, 3.05) is 46.2 Å². The van der Waals surface area contributed by atoms with Gasteiger partial charge in [-0.3, -0.25) is 4.79 Å². The van der Waals surface area contributed by atoms with E-state index >= 15 is 0 Å². The first-order chi connectivity index (χ1) is 15.4. The molecule has 12 heteroatoms. The molecule has 0 saturated carbocycles. The van der Waals surface area contributed by atoms with Crippen LogP contribution in [0.2, 0.25) is 0 Å². The third-order valence-electron chi connectivity index (χ3n) is 5.06. The lowest BCUT2D eigenvalue weighted by atomic mass is 10.2. The molecule has 1 aliphatic heterocycles. The zero-order valence-electron chi connectivity index (χ0n) is 18.9. The van der Waals surface area contributed by atoms with E-state index in [-0.39, 0.29) is 15.5 Å². The summed E-state index contributed by atoms with van der Waals surface area (Å²) in [5.74, 6) is 0.189. The van der Waals surface area contributed by atoms with Crippen LogP contribution >= 0.6 is 0 Å². The van der Waals surface area contributed by atoms with E-state index in [1.165, 1.54) is 51.5 Å². The first kappa shape index (κ1) is 25.0. The van der Waals surface area contributed by atoms with Gasteiger partial charge in [0.05, 0.1) is 29.5 Å². The molecule has 0 unspecified atom stereocenters. The zero-order valence-corrected chi connectivity index (χ0v) is 20.5. The van der Waals surface area contributed by atoms with Crippen molar-refractivity contribution < 1.29 is 31.1 Å². The Morgan fingerprint density at radius 3 is 2.18 bits per heavy atom. The second kappa shape index (κ2) is 9.67. The normalized spacial score (nSPS) is 14.2. The lowest BCUT2D eigenvalue weighted by Gasteiger charge is -2.19. The minimum absolute atomic E-state index is 0.0153. The highest BCUT2D eigenvalue weighted by Crippen LogP contribution is 2.32. The van der Waals surface area contributed by atoms with Crippen LogP contribution in [0, 0.1) is 6.92 Å². The Bertz CT molecular complexity index is 1260. The van der Waals surface area contributed by atoms with Crippen molar-refractivity contribution in [3.8, 4) is 11.5 Å². The van der Waals surface area contributed by atoms with Crippen LogP contribution in [-0.2, 0) is 24.8 Å². The van der Waals surface area contributed by atoms with Crippen molar-refractivity contribution >= 4 is 31.6 Å². The number of hydrogen-bond donors (Lipinski definition) is 1. The van der Waals surface area contributed by atoms with Gasteiger partial charge in [-0.25, -0.2) is 21.1 Å². The number of rotatable bonds is 7. The van der Waals surface area contributed by atoms with Crippen molar-refractivity contribution in [2.24, 2.45) is 0 Å². The Labute approximate surface area is 194 Å². The molecule has 1 amide bonds. The number of carbonyl (C=O) groups excluding carboxylic acids is 1. The fourth-order valence-corrected chi connectivity index (χ4v) is 5.14. The van der Waals surface area contributed by atoms with Crippen LogP contribution in [-0.4, -0.2) is 72.3 Å². The number of amides is 1. The first-order valence-corrected chi connectivity index (χ1v) is 13.0. The lowest BCUT2D eigenvalue weighted by Crippen LogP contribution is -2.35. The largest absolute Gasteiger partial charge is 0.490 e. The van der Waals surface area contributed by atoms with Gasteiger partial charge in [0, 0.05) is 39.3 Å². The maximum absolute atomic E-state index is 13.0. The number of aryl methyl sites for hydroxylation is 1. The average molecular weight is 498 g/mol. The Kier molecular flexibility index (Phi) is 7.32. The summed E-state index contributed by atoms with van der Waals surface area (Å²) in [6.07, 6.45) is 0.688. The van der Waals surface area contributed by atoms with Crippen LogP contribution < -0.4 is 14.8 Å². The third kappa shape index (κ3) is 5.46. The van der Waals surface area contributed by atoms with E-state index in [9.17, 15) is 21.6 Å². The molecule has 180 valence electrons. The minimum Gasteiger partial charge on any atom is -0.490 e. The van der Waals surface area contributed by atoms with Gasteiger partial charge in [-0.15, -0.1) is 0 Å². The molecule has 0 atom stereocenters. The van der Waals surface area contributed by atoms with E-state index < -0.39 is 32.5 Å². The van der Waals surface area contributed by atoms with Gasteiger partial charge < -0.3 is 14.8 Å². The van der Waals surface area contributed by atoms with Crippen LogP contribution in [0.15, 0.2) is 46.2 Å². The molecule has 0 radical (unpaired) electrons. The average Bonchev–Trinajstić information content (AvgIpc) is 2.99. The standard InChI is InChI=1S/C21H27N3O7S2/c1-15-6-7-16(32(26,27)23(2)3)12-18(15)22-21(25)14-24(4)33(28,29)17-8-9-19-20(13-17)31-11-5-10-30-19/h6-9,12-13H,5,10-11,14H2,1-4H3,(H,22,25). The number of ether oxygens (including phenoxy) is 2. The van der Waals surface area contributed by atoms with Crippen LogP contribution in [0.5, 0.6) is 11.5 Å². The molecule has 0 fully saturated rings. The van der Waals surface area contributed by atoms with Crippen LogP contribution in [0.25, 0.3) is 0 Å². The second-order valence-electron chi connectivity index (χ2n) is 7.73. The number of benzene rings is 2. The zero-order chi connectivity index (χ0) is 24.4. The topological polar surface area (TPSA) is 122 Å². The van der Waals surface area contributed by atoms with Crippen molar-refractivity contribution in [2.45, 2.75) is 23.1 Å². The Hall–Kier alpha value is -2.67. The molecular formula is C21H27N3O7S2.